The van der Waals surface area contributed by atoms with Crippen molar-refractivity contribution in [1.82, 2.24) is 9.55 Å². The molecule has 7 heteroatoms. The molecule has 1 aromatic heterocycles. The molecule has 36 heavy (non-hydrogen) atoms. The molecule has 1 fully saturated rings. The topological polar surface area (TPSA) is 78.7 Å². The number of aryl methyl sites for hydroxylation is 1. The summed E-state index contributed by atoms with van der Waals surface area (Å²) in [6.45, 7) is 2.45. The number of aromatic nitrogens is 2. The van der Waals surface area contributed by atoms with Crippen LogP contribution in [-0.2, 0) is 16.1 Å². The Kier molecular flexibility index (Phi) is 5.42. The van der Waals surface area contributed by atoms with Crippen LogP contribution in [0.2, 0.25) is 0 Å². The van der Waals surface area contributed by atoms with Crippen molar-refractivity contribution in [2.75, 3.05) is 9.96 Å². The molecule has 2 amide bonds. The fraction of sp³-hybridized carbons (Fsp3) is 0.207. The number of hydroxylamine groups is 1. The van der Waals surface area contributed by atoms with Crippen LogP contribution in [-0.4, -0.2) is 26.6 Å². The van der Waals surface area contributed by atoms with Gasteiger partial charge in [0.25, 0.3) is 0 Å². The predicted molar refractivity (Wildman–Crippen MR) is 136 cm³/mol. The average molecular weight is 479 g/mol. The SMILES string of the molecule is Cc1ccccc1N(O)[C@@H]1C[C@H]2C(=O)N(c3ccccc3)C(=O)[C@H]2c2c1ncn2Cc1ccccc1. The number of imide groups is 1. The molecule has 6 rings (SSSR count). The Hall–Kier alpha value is -4.23. The number of benzene rings is 3. The Morgan fingerprint density at radius 1 is 0.917 bits per heavy atom. The largest absolute Gasteiger partial charge is 0.329 e. The third-order valence-corrected chi connectivity index (χ3v) is 7.29. The van der Waals surface area contributed by atoms with Crippen LogP contribution < -0.4 is 9.96 Å². The molecule has 4 aromatic rings. The first-order valence-corrected chi connectivity index (χ1v) is 12.1. The van der Waals surface area contributed by atoms with E-state index in [0.717, 1.165) is 11.1 Å². The van der Waals surface area contributed by atoms with Crippen molar-refractivity contribution in [3.8, 4) is 0 Å². The quantitative estimate of drug-likeness (QED) is 0.328. The highest BCUT2D eigenvalue weighted by atomic mass is 16.5. The van der Waals surface area contributed by atoms with Gasteiger partial charge in [-0.2, -0.15) is 0 Å². The first-order valence-electron chi connectivity index (χ1n) is 12.1. The molecule has 180 valence electrons. The van der Waals surface area contributed by atoms with Crippen molar-refractivity contribution in [3.05, 3.63) is 114 Å². The van der Waals surface area contributed by atoms with Crippen LogP contribution in [0, 0.1) is 12.8 Å². The molecule has 2 heterocycles. The number of imidazole rings is 1. The Labute approximate surface area is 209 Å². The summed E-state index contributed by atoms with van der Waals surface area (Å²) in [6, 6.07) is 26.0. The molecule has 3 aromatic carbocycles. The molecule has 0 radical (unpaired) electrons. The lowest BCUT2D eigenvalue weighted by Crippen LogP contribution is -2.36. The summed E-state index contributed by atoms with van der Waals surface area (Å²) in [4.78, 5) is 33.5. The summed E-state index contributed by atoms with van der Waals surface area (Å²) in [5, 5.41) is 12.6. The van der Waals surface area contributed by atoms with Gasteiger partial charge in [0, 0.05) is 6.54 Å². The molecule has 1 aliphatic carbocycles. The summed E-state index contributed by atoms with van der Waals surface area (Å²) >= 11 is 0. The Morgan fingerprint density at radius 3 is 2.31 bits per heavy atom. The molecular weight excluding hydrogens is 452 g/mol. The van der Waals surface area contributed by atoms with E-state index in [2.05, 4.69) is 0 Å². The summed E-state index contributed by atoms with van der Waals surface area (Å²) in [6.07, 6.45) is 2.01. The van der Waals surface area contributed by atoms with Gasteiger partial charge in [-0.3, -0.25) is 14.8 Å². The second kappa shape index (κ2) is 8.77. The highest BCUT2D eigenvalue weighted by molar-refractivity contribution is 6.24. The third kappa shape index (κ3) is 3.51. The van der Waals surface area contributed by atoms with Gasteiger partial charge in [0.1, 0.15) is 6.04 Å². The first kappa shape index (κ1) is 22.2. The van der Waals surface area contributed by atoms with Gasteiger partial charge in [-0.1, -0.05) is 66.7 Å². The maximum atomic E-state index is 13.8. The van der Waals surface area contributed by atoms with Gasteiger partial charge in [0.05, 0.1) is 40.9 Å². The molecule has 1 saturated heterocycles. The van der Waals surface area contributed by atoms with Crippen molar-refractivity contribution >= 4 is 23.2 Å². The van der Waals surface area contributed by atoms with E-state index < -0.39 is 17.9 Å². The number of para-hydroxylation sites is 2. The zero-order chi connectivity index (χ0) is 24.8. The monoisotopic (exact) mass is 478 g/mol. The molecule has 7 nitrogen and oxygen atoms in total. The number of hydrogen-bond acceptors (Lipinski definition) is 5. The highest BCUT2D eigenvalue weighted by Gasteiger charge is 2.55. The number of amides is 2. The number of anilines is 2. The van der Waals surface area contributed by atoms with Gasteiger partial charge >= 0.3 is 0 Å². The smallest absolute Gasteiger partial charge is 0.243 e. The van der Waals surface area contributed by atoms with E-state index in [-0.39, 0.29) is 11.8 Å². The Morgan fingerprint density at radius 2 is 1.58 bits per heavy atom. The number of rotatable bonds is 5. The lowest BCUT2D eigenvalue weighted by atomic mass is 9.78. The Balaban J connectivity index is 1.47. The van der Waals surface area contributed by atoms with E-state index in [1.54, 1.807) is 18.5 Å². The van der Waals surface area contributed by atoms with E-state index in [0.29, 0.717) is 35.7 Å². The van der Waals surface area contributed by atoms with Gasteiger partial charge in [-0.15, -0.1) is 0 Å². The minimum atomic E-state index is -0.652. The van der Waals surface area contributed by atoms with E-state index in [9.17, 15) is 14.8 Å². The fourth-order valence-electron chi connectivity index (χ4n) is 5.57. The summed E-state index contributed by atoms with van der Waals surface area (Å²) in [5.74, 6) is -1.73. The van der Waals surface area contributed by atoms with Crippen molar-refractivity contribution < 1.29 is 14.8 Å². The van der Waals surface area contributed by atoms with Gasteiger partial charge < -0.3 is 4.57 Å². The number of carbonyl (C=O) groups is 2. The normalized spacial score (nSPS) is 20.8. The molecule has 2 aliphatic rings. The minimum absolute atomic E-state index is 0.238. The number of fused-ring (bicyclic) bond motifs is 3. The molecule has 0 unspecified atom stereocenters. The van der Waals surface area contributed by atoms with Gasteiger partial charge in [-0.05, 0) is 42.7 Å². The van der Waals surface area contributed by atoms with E-state index in [4.69, 9.17) is 4.98 Å². The zero-order valence-corrected chi connectivity index (χ0v) is 19.9. The van der Waals surface area contributed by atoms with Crippen molar-refractivity contribution in [3.63, 3.8) is 0 Å². The molecule has 0 saturated carbocycles. The van der Waals surface area contributed by atoms with Crippen LogP contribution in [0.25, 0.3) is 0 Å². The number of hydrogen-bond donors (Lipinski definition) is 1. The van der Waals surface area contributed by atoms with Gasteiger partial charge in [0.15, 0.2) is 0 Å². The van der Waals surface area contributed by atoms with Crippen LogP contribution in [0.3, 0.4) is 0 Å². The van der Waals surface area contributed by atoms with Crippen molar-refractivity contribution in [2.45, 2.75) is 31.8 Å². The Bertz CT molecular complexity index is 1430. The molecule has 0 spiro atoms. The number of nitrogens with zero attached hydrogens (tertiary/aromatic N) is 4. The van der Waals surface area contributed by atoms with Crippen LogP contribution in [0.15, 0.2) is 91.3 Å². The van der Waals surface area contributed by atoms with Crippen LogP contribution in [0.4, 0.5) is 11.4 Å². The molecule has 1 aliphatic heterocycles. The van der Waals surface area contributed by atoms with E-state index in [1.165, 1.54) is 9.96 Å². The van der Waals surface area contributed by atoms with Gasteiger partial charge in [0.2, 0.25) is 11.8 Å². The first-order chi connectivity index (χ1) is 17.5. The molecule has 0 bridgehead atoms. The second-order valence-electron chi connectivity index (χ2n) is 9.44. The average Bonchev–Trinajstić information content (AvgIpc) is 3.42. The van der Waals surface area contributed by atoms with Crippen molar-refractivity contribution in [1.29, 1.82) is 0 Å². The minimum Gasteiger partial charge on any atom is -0.329 e. The standard InChI is InChI=1S/C29H26N4O3/c1-19-10-8-9-15-23(19)33(36)24-16-22-25(29(35)32(28(22)34)21-13-6-3-7-14-21)27-26(24)30-18-31(27)17-20-11-4-2-5-12-20/h2-15,18,22,24-25,36H,16-17H2,1H3/t22-,24-,25-/m1/s1. The predicted octanol–water partition coefficient (Wildman–Crippen LogP) is 4.85. The summed E-state index contributed by atoms with van der Waals surface area (Å²) in [7, 11) is 0. The van der Waals surface area contributed by atoms with Crippen LogP contribution in [0.5, 0.6) is 0 Å². The fourth-order valence-corrected chi connectivity index (χ4v) is 5.57. The summed E-state index contributed by atoms with van der Waals surface area (Å²) in [5.41, 5.74) is 4.52. The molecule has 1 N–H and O–H groups in total. The maximum absolute atomic E-state index is 13.8. The van der Waals surface area contributed by atoms with E-state index >= 15 is 0 Å². The second-order valence-corrected chi connectivity index (χ2v) is 9.44. The summed E-state index contributed by atoms with van der Waals surface area (Å²) < 4.78 is 1.96. The molecule has 3 atom stereocenters. The maximum Gasteiger partial charge on any atom is 0.243 e. The molecular formula is C29H26N4O3. The van der Waals surface area contributed by atoms with Crippen LogP contribution >= 0.6 is 0 Å². The zero-order valence-electron chi connectivity index (χ0n) is 19.9. The van der Waals surface area contributed by atoms with Crippen LogP contribution in [0.1, 0.15) is 40.9 Å². The van der Waals surface area contributed by atoms with Gasteiger partial charge in [-0.25, -0.2) is 14.9 Å². The lowest BCUT2D eigenvalue weighted by Gasteiger charge is -2.35. The van der Waals surface area contributed by atoms with E-state index in [1.807, 2.05) is 84.3 Å². The lowest BCUT2D eigenvalue weighted by molar-refractivity contribution is -0.122. The third-order valence-electron chi connectivity index (χ3n) is 7.29. The highest BCUT2D eigenvalue weighted by Crippen LogP contribution is 2.50. The van der Waals surface area contributed by atoms with Crippen molar-refractivity contribution in [2.24, 2.45) is 5.92 Å². The number of carbonyl (C=O) groups excluding carboxylic acids is 2.